The van der Waals surface area contributed by atoms with Crippen LogP contribution in [-0.4, -0.2) is 21.8 Å². The molecule has 0 radical (unpaired) electrons. The predicted octanol–water partition coefficient (Wildman–Crippen LogP) is 2.92. The third-order valence-electron chi connectivity index (χ3n) is 2.27. The number of hydrogen-bond donors (Lipinski definition) is 0. The van der Waals surface area contributed by atoms with Crippen LogP contribution in [0.1, 0.15) is 31.1 Å². The highest BCUT2D eigenvalue weighted by Crippen LogP contribution is 2.38. The molecule has 1 aromatic rings. The van der Waals surface area contributed by atoms with Gasteiger partial charge in [-0.15, -0.1) is 11.3 Å². The lowest BCUT2D eigenvalue weighted by Gasteiger charge is -2.25. The van der Waals surface area contributed by atoms with Gasteiger partial charge >= 0.3 is 14.7 Å². The van der Waals surface area contributed by atoms with Crippen LogP contribution in [0.15, 0.2) is 11.4 Å². The van der Waals surface area contributed by atoms with Gasteiger partial charge in [-0.1, -0.05) is 20.8 Å². The molecule has 90 valence electrons. The number of ether oxygens (including phenoxy) is 1. The van der Waals surface area contributed by atoms with E-state index in [1.54, 1.807) is 0 Å². The highest BCUT2D eigenvalue weighted by atomic mass is 32.1. The van der Waals surface area contributed by atoms with Gasteiger partial charge in [0.05, 0.1) is 17.2 Å². The molecular formula is C10H14F2O2SSi. The summed E-state index contributed by atoms with van der Waals surface area (Å²) < 4.78 is 32.6. The van der Waals surface area contributed by atoms with Crippen LogP contribution in [0.2, 0.25) is 5.04 Å². The molecule has 0 N–H and O–H groups in total. The average Bonchev–Trinajstić information content (AvgIpc) is 2.64. The van der Waals surface area contributed by atoms with Crippen LogP contribution in [0, 0.1) is 0 Å². The summed E-state index contributed by atoms with van der Waals surface area (Å²) in [4.78, 5) is 11.2. The second kappa shape index (κ2) is 4.25. The van der Waals surface area contributed by atoms with E-state index in [9.17, 15) is 13.0 Å². The van der Waals surface area contributed by atoms with Gasteiger partial charge < -0.3 is 4.74 Å². The molecule has 0 spiro atoms. The molecule has 0 fully saturated rings. The van der Waals surface area contributed by atoms with E-state index in [2.05, 4.69) is 4.74 Å². The molecule has 0 aliphatic carbocycles. The molecule has 0 saturated carbocycles. The van der Waals surface area contributed by atoms with Crippen molar-refractivity contribution < 1.29 is 17.7 Å². The smallest absolute Gasteiger partial charge is 0.465 e. The van der Waals surface area contributed by atoms with Gasteiger partial charge in [0, 0.05) is 10.4 Å². The molecule has 0 unspecified atom stereocenters. The van der Waals surface area contributed by atoms with Crippen LogP contribution in [0.3, 0.4) is 0 Å². The zero-order chi connectivity index (χ0) is 12.6. The Morgan fingerprint density at radius 2 is 2.00 bits per heavy atom. The molecular weight excluding hydrogens is 250 g/mol. The number of rotatable bonds is 2. The van der Waals surface area contributed by atoms with E-state index in [1.165, 1.54) is 39.3 Å². The Balaban J connectivity index is 3.07. The number of thiophene rings is 1. The second-order valence-electron chi connectivity index (χ2n) is 4.52. The maximum absolute atomic E-state index is 14.0. The first-order chi connectivity index (χ1) is 7.20. The van der Waals surface area contributed by atoms with Crippen molar-refractivity contribution in [2.75, 3.05) is 7.11 Å². The number of hydrogen-bond acceptors (Lipinski definition) is 3. The number of esters is 1. The third kappa shape index (κ3) is 2.32. The standard InChI is InChI=1S/C10H14F2O2SSi/c1-10(2,3)16(11,12)8-5-7(6-15-8)9(13)14-4/h5-6H,1-4H3. The van der Waals surface area contributed by atoms with Crippen molar-refractivity contribution in [2.45, 2.75) is 25.8 Å². The Kier molecular flexibility index (Phi) is 3.54. The molecule has 0 aromatic carbocycles. The van der Waals surface area contributed by atoms with Gasteiger partial charge in [-0.25, -0.2) is 4.79 Å². The van der Waals surface area contributed by atoms with Gasteiger partial charge in [0.15, 0.2) is 0 Å². The molecule has 0 saturated heterocycles. The van der Waals surface area contributed by atoms with Gasteiger partial charge in [0.1, 0.15) is 0 Å². The van der Waals surface area contributed by atoms with E-state index < -0.39 is 19.7 Å². The maximum Gasteiger partial charge on any atom is 0.470 e. The summed E-state index contributed by atoms with van der Waals surface area (Å²) in [7, 11) is -3.27. The molecule has 16 heavy (non-hydrogen) atoms. The Morgan fingerprint density at radius 1 is 1.44 bits per heavy atom. The average molecular weight is 264 g/mol. The number of halogens is 2. The van der Waals surface area contributed by atoms with Crippen LogP contribution in [0.25, 0.3) is 0 Å². The Morgan fingerprint density at radius 3 is 2.44 bits per heavy atom. The van der Waals surface area contributed by atoms with Crippen molar-refractivity contribution in [2.24, 2.45) is 0 Å². The lowest BCUT2D eigenvalue weighted by molar-refractivity contribution is 0.0601. The zero-order valence-electron chi connectivity index (χ0n) is 9.64. The van der Waals surface area contributed by atoms with Crippen molar-refractivity contribution in [3.8, 4) is 0 Å². The van der Waals surface area contributed by atoms with E-state index in [1.807, 2.05) is 0 Å². The molecule has 6 heteroatoms. The van der Waals surface area contributed by atoms with Crippen molar-refractivity contribution >= 4 is 30.5 Å². The van der Waals surface area contributed by atoms with Crippen molar-refractivity contribution in [3.05, 3.63) is 17.0 Å². The summed E-state index contributed by atoms with van der Waals surface area (Å²) >= 11 is 0.938. The summed E-state index contributed by atoms with van der Waals surface area (Å²) in [6, 6.07) is 1.26. The summed E-state index contributed by atoms with van der Waals surface area (Å²) in [6.45, 7) is 4.57. The second-order valence-corrected chi connectivity index (χ2v) is 8.98. The highest BCUT2D eigenvalue weighted by Gasteiger charge is 2.51. The van der Waals surface area contributed by atoms with Gasteiger partial charge in [-0.3, -0.25) is 8.22 Å². The first kappa shape index (κ1) is 13.3. The minimum atomic E-state index is -4.51. The molecule has 1 heterocycles. The fourth-order valence-electron chi connectivity index (χ4n) is 1.10. The summed E-state index contributed by atoms with van der Waals surface area (Å²) in [5, 5.41) is 0.388. The van der Waals surface area contributed by atoms with Crippen molar-refractivity contribution in [3.63, 3.8) is 0 Å². The SMILES string of the molecule is COC(=O)c1csc([Si](F)(F)C(C)(C)C)c1. The lowest BCUT2D eigenvalue weighted by atomic mass is 10.2. The Bertz CT molecular complexity index is 396. The zero-order valence-corrected chi connectivity index (χ0v) is 11.5. The van der Waals surface area contributed by atoms with Gasteiger partial charge in [0.25, 0.3) is 0 Å². The maximum atomic E-state index is 14.0. The largest absolute Gasteiger partial charge is 0.470 e. The van der Waals surface area contributed by atoms with Crippen molar-refractivity contribution in [1.29, 1.82) is 0 Å². The number of carbonyl (C=O) groups is 1. The Labute approximate surface area is 98.6 Å². The van der Waals surface area contributed by atoms with E-state index in [0.717, 1.165) is 11.3 Å². The van der Waals surface area contributed by atoms with E-state index in [-0.39, 0.29) is 10.1 Å². The summed E-state index contributed by atoms with van der Waals surface area (Å²) in [6.07, 6.45) is 0. The van der Waals surface area contributed by atoms with Crippen LogP contribution in [0.5, 0.6) is 0 Å². The molecule has 0 aliphatic rings. The van der Waals surface area contributed by atoms with E-state index in [4.69, 9.17) is 0 Å². The monoisotopic (exact) mass is 264 g/mol. The van der Waals surface area contributed by atoms with Crippen LogP contribution < -0.4 is 4.50 Å². The number of carbonyl (C=O) groups excluding carboxylic acids is 1. The van der Waals surface area contributed by atoms with Gasteiger partial charge in [-0.2, -0.15) is 0 Å². The molecule has 1 aromatic heterocycles. The van der Waals surface area contributed by atoms with E-state index in [0.29, 0.717) is 0 Å². The molecule has 0 aliphatic heterocycles. The molecule has 0 bridgehead atoms. The molecule has 2 nitrogen and oxygen atoms in total. The minimum Gasteiger partial charge on any atom is -0.465 e. The lowest BCUT2D eigenvalue weighted by Crippen LogP contribution is -2.45. The first-order valence-corrected chi connectivity index (χ1v) is 7.39. The van der Waals surface area contributed by atoms with Gasteiger partial charge in [0.2, 0.25) is 0 Å². The minimum absolute atomic E-state index is 0.0281. The highest BCUT2D eigenvalue weighted by molar-refractivity contribution is 7.24. The number of methoxy groups -OCH3 is 1. The van der Waals surface area contributed by atoms with Gasteiger partial charge in [-0.05, 0) is 6.07 Å². The normalized spacial score (nSPS) is 12.6. The van der Waals surface area contributed by atoms with Crippen LogP contribution >= 0.6 is 11.3 Å². The van der Waals surface area contributed by atoms with Crippen LogP contribution in [0.4, 0.5) is 8.22 Å². The molecule has 1 rings (SSSR count). The fourth-order valence-corrected chi connectivity index (χ4v) is 4.47. The fraction of sp³-hybridized carbons (Fsp3) is 0.500. The summed E-state index contributed by atoms with van der Waals surface area (Å²) in [5.74, 6) is -0.568. The van der Waals surface area contributed by atoms with Crippen molar-refractivity contribution in [1.82, 2.24) is 0 Å². The quantitative estimate of drug-likeness (QED) is 0.466. The predicted molar refractivity (Wildman–Crippen MR) is 63.0 cm³/mol. The van der Waals surface area contributed by atoms with E-state index >= 15 is 0 Å². The summed E-state index contributed by atoms with van der Waals surface area (Å²) in [5.41, 5.74) is 0.207. The molecule has 0 atom stereocenters. The van der Waals surface area contributed by atoms with Crippen LogP contribution in [-0.2, 0) is 4.74 Å². The topological polar surface area (TPSA) is 26.3 Å². The molecule has 0 amide bonds. The Hall–Kier alpha value is -0.753. The third-order valence-corrected chi connectivity index (χ3v) is 6.79. The first-order valence-electron chi connectivity index (χ1n) is 4.75.